The van der Waals surface area contributed by atoms with Gasteiger partial charge in [0, 0.05) is 41.6 Å². The van der Waals surface area contributed by atoms with Gasteiger partial charge < -0.3 is 9.64 Å². The lowest BCUT2D eigenvalue weighted by molar-refractivity contribution is 0.0595. The lowest BCUT2D eigenvalue weighted by Gasteiger charge is -2.31. The van der Waals surface area contributed by atoms with Gasteiger partial charge in [-0.15, -0.1) is 11.8 Å². The van der Waals surface area contributed by atoms with E-state index in [1.54, 1.807) is 17.8 Å². The van der Waals surface area contributed by atoms with E-state index >= 15 is 0 Å². The highest BCUT2D eigenvalue weighted by atomic mass is 32.2. The van der Waals surface area contributed by atoms with E-state index in [2.05, 4.69) is 18.8 Å². The zero-order valence-electron chi connectivity index (χ0n) is 16.4. The second-order valence-electron chi connectivity index (χ2n) is 7.37. The smallest absolute Gasteiger partial charge is 0.274 e. The number of carbonyl (C=O) groups excluding carboxylic acids is 1. The number of fused-ring (bicyclic) bond motifs is 1. The topological polar surface area (TPSA) is 42.4 Å². The Hall–Kier alpha value is -2.12. The molecule has 1 aromatic heterocycles. The predicted octanol–water partition coefficient (Wildman–Crippen LogP) is 5.62. The van der Waals surface area contributed by atoms with Gasteiger partial charge in [0.2, 0.25) is 0 Å². The van der Waals surface area contributed by atoms with Crippen molar-refractivity contribution in [3.05, 3.63) is 53.8 Å². The Kier molecular flexibility index (Phi) is 6.06. The number of para-hydroxylation sites is 1. The van der Waals surface area contributed by atoms with Crippen LogP contribution in [0.4, 0.5) is 4.39 Å². The number of aromatic nitrogens is 1. The normalized spacial score (nSPS) is 15.2. The molecule has 0 bridgehead atoms. The first-order valence-corrected chi connectivity index (χ1v) is 11.5. The van der Waals surface area contributed by atoms with E-state index in [1.165, 1.54) is 22.3 Å². The average Bonchev–Trinajstić information content (AvgIpc) is 3.12. The number of thiazole rings is 1. The molecule has 1 aliphatic rings. The van der Waals surface area contributed by atoms with Crippen LogP contribution in [0.2, 0.25) is 0 Å². The van der Waals surface area contributed by atoms with Crippen LogP contribution in [-0.2, 0) is 0 Å². The Morgan fingerprint density at radius 3 is 2.59 bits per heavy atom. The van der Waals surface area contributed by atoms with Crippen molar-refractivity contribution in [1.82, 2.24) is 9.88 Å². The van der Waals surface area contributed by atoms with Crippen molar-refractivity contribution in [2.45, 2.75) is 42.9 Å². The first kappa shape index (κ1) is 20.2. The lowest BCUT2D eigenvalue weighted by Crippen LogP contribution is -2.41. The number of carbonyl (C=O) groups is 1. The Morgan fingerprint density at radius 1 is 1.21 bits per heavy atom. The molecule has 2 aromatic carbocycles. The van der Waals surface area contributed by atoms with Crippen LogP contribution in [0.25, 0.3) is 10.2 Å². The van der Waals surface area contributed by atoms with Crippen LogP contribution in [0.1, 0.15) is 37.0 Å². The zero-order valence-corrected chi connectivity index (χ0v) is 18.1. The van der Waals surface area contributed by atoms with E-state index in [0.29, 0.717) is 29.0 Å². The number of rotatable bonds is 5. The maximum absolute atomic E-state index is 13.8. The molecular formula is C22H23FN2O2S2. The molecule has 1 amide bonds. The molecule has 0 spiro atoms. The van der Waals surface area contributed by atoms with Gasteiger partial charge in [0.25, 0.3) is 11.1 Å². The van der Waals surface area contributed by atoms with Gasteiger partial charge in [0.1, 0.15) is 17.4 Å². The SMILES string of the molecule is CC(C)Sc1ccc(C(=O)N2CCC(Oc3nc4c(F)cccc4s3)CC2)cc1. The standard InChI is InChI=1S/C22H23FN2O2S2/c1-14(2)28-17-8-6-15(7-9-17)21(26)25-12-10-16(11-13-25)27-22-24-20-18(23)4-3-5-19(20)29-22/h3-9,14,16H,10-13H2,1-2H3. The number of nitrogens with zero attached hydrogens (tertiary/aromatic N) is 2. The summed E-state index contributed by atoms with van der Waals surface area (Å²) in [5.74, 6) is -0.265. The molecule has 0 atom stereocenters. The fourth-order valence-corrected chi connectivity index (χ4v) is 5.13. The van der Waals surface area contributed by atoms with E-state index < -0.39 is 0 Å². The summed E-state index contributed by atoms with van der Waals surface area (Å²) in [4.78, 5) is 20.1. The summed E-state index contributed by atoms with van der Waals surface area (Å²) in [6, 6.07) is 12.8. The summed E-state index contributed by atoms with van der Waals surface area (Å²) in [5, 5.41) is 1.01. The monoisotopic (exact) mass is 430 g/mol. The molecule has 1 saturated heterocycles. The minimum Gasteiger partial charge on any atom is -0.467 e. The van der Waals surface area contributed by atoms with E-state index in [9.17, 15) is 9.18 Å². The molecule has 1 aliphatic heterocycles. The second kappa shape index (κ2) is 8.71. The minimum atomic E-state index is -0.327. The molecule has 29 heavy (non-hydrogen) atoms. The lowest BCUT2D eigenvalue weighted by atomic mass is 10.1. The van der Waals surface area contributed by atoms with Gasteiger partial charge in [0.15, 0.2) is 0 Å². The fraction of sp³-hybridized carbons (Fsp3) is 0.364. The van der Waals surface area contributed by atoms with Crippen LogP contribution in [0, 0.1) is 5.82 Å². The maximum Gasteiger partial charge on any atom is 0.274 e. The molecular weight excluding hydrogens is 407 g/mol. The Balaban J connectivity index is 1.33. The van der Waals surface area contributed by atoms with Crippen molar-refractivity contribution in [3.63, 3.8) is 0 Å². The number of likely N-dealkylation sites (tertiary alicyclic amines) is 1. The third-order valence-electron chi connectivity index (χ3n) is 4.82. The van der Waals surface area contributed by atoms with Crippen molar-refractivity contribution in [2.75, 3.05) is 13.1 Å². The van der Waals surface area contributed by atoms with Crippen LogP contribution >= 0.6 is 23.1 Å². The molecule has 0 unspecified atom stereocenters. The largest absolute Gasteiger partial charge is 0.467 e. The van der Waals surface area contributed by atoms with E-state index in [0.717, 1.165) is 23.1 Å². The van der Waals surface area contributed by atoms with E-state index in [4.69, 9.17) is 4.74 Å². The number of hydrogen-bond acceptors (Lipinski definition) is 5. The van der Waals surface area contributed by atoms with E-state index in [1.807, 2.05) is 35.2 Å². The average molecular weight is 431 g/mol. The first-order valence-electron chi connectivity index (χ1n) is 9.77. The molecule has 4 rings (SSSR count). The van der Waals surface area contributed by atoms with Gasteiger partial charge in [-0.1, -0.05) is 31.3 Å². The zero-order chi connectivity index (χ0) is 20.4. The number of amides is 1. The van der Waals surface area contributed by atoms with Crippen LogP contribution in [-0.4, -0.2) is 40.2 Å². The van der Waals surface area contributed by atoms with Crippen LogP contribution in [0.3, 0.4) is 0 Å². The van der Waals surface area contributed by atoms with Crippen molar-refractivity contribution in [1.29, 1.82) is 0 Å². The van der Waals surface area contributed by atoms with Crippen LogP contribution in [0.5, 0.6) is 5.19 Å². The molecule has 152 valence electrons. The molecule has 0 N–H and O–H groups in total. The highest BCUT2D eigenvalue weighted by molar-refractivity contribution is 7.99. The Labute approximate surface area is 178 Å². The van der Waals surface area contributed by atoms with Gasteiger partial charge >= 0.3 is 0 Å². The molecule has 2 heterocycles. The minimum absolute atomic E-state index is 0.00695. The molecule has 1 fully saturated rings. The van der Waals surface area contributed by atoms with Crippen molar-refractivity contribution in [2.24, 2.45) is 0 Å². The molecule has 3 aromatic rings. The van der Waals surface area contributed by atoms with Gasteiger partial charge in [-0.3, -0.25) is 4.79 Å². The summed E-state index contributed by atoms with van der Waals surface area (Å²) in [6.07, 6.45) is 1.48. The fourth-order valence-electron chi connectivity index (χ4n) is 3.40. The predicted molar refractivity (Wildman–Crippen MR) is 117 cm³/mol. The van der Waals surface area contributed by atoms with Crippen molar-refractivity contribution in [3.8, 4) is 5.19 Å². The molecule has 0 saturated carbocycles. The number of thioether (sulfide) groups is 1. The Morgan fingerprint density at radius 2 is 1.93 bits per heavy atom. The van der Waals surface area contributed by atoms with Gasteiger partial charge in [0.05, 0.1) is 4.70 Å². The maximum atomic E-state index is 13.8. The van der Waals surface area contributed by atoms with Gasteiger partial charge in [-0.25, -0.2) is 4.39 Å². The summed E-state index contributed by atoms with van der Waals surface area (Å²) in [6.45, 7) is 5.60. The summed E-state index contributed by atoms with van der Waals surface area (Å²) >= 11 is 3.15. The van der Waals surface area contributed by atoms with Crippen LogP contribution < -0.4 is 4.74 Å². The molecule has 4 nitrogen and oxygen atoms in total. The van der Waals surface area contributed by atoms with Crippen LogP contribution in [0.15, 0.2) is 47.4 Å². The summed E-state index contributed by atoms with van der Waals surface area (Å²) < 4.78 is 20.6. The van der Waals surface area contributed by atoms with Crippen molar-refractivity contribution >= 4 is 39.2 Å². The summed E-state index contributed by atoms with van der Waals surface area (Å²) in [5.41, 5.74) is 1.08. The number of ether oxygens (including phenoxy) is 1. The molecule has 7 heteroatoms. The third-order valence-corrected chi connectivity index (χ3v) is 6.75. The number of halogens is 1. The second-order valence-corrected chi connectivity index (χ2v) is 10.0. The first-order chi connectivity index (χ1) is 14.0. The highest BCUT2D eigenvalue weighted by Crippen LogP contribution is 2.31. The number of hydrogen-bond donors (Lipinski definition) is 0. The van der Waals surface area contributed by atoms with Crippen molar-refractivity contribution < 1.29 is 13.9 Å². The highest BCUT2D eigenvalue weighted by Gasteiger charge is 2.25. The third kappa shape index (κ3) is 4.73. The summed E-state index contributed by atoms with van der Waals surface area (Å²) in [7, 11) is 0. The Bertz CT molecular complexity index is 996. The number of benzene rings is 2. The molecule has 0 radical (unpaired) electrons. The van der Waals surface area contributed by atoms with Gasteiger partial charge in [-0.2, -0.15) is 4.98 Å². The van der Waals surface area contributed by atoms with Gasteiger partial charge in [-0.05, 0) is 36.4 Å². The molecule has 0 aliphatic carbocycles. The quantitative estimate of drug-likeness (QED) is 0.493. The number of piperidine rings is 1. The van der Waals surface area contributed by atoms with E-state index in [-0.39, 0.29) is 17.8 Å².